The molecule has 0 unspecified atom stereocenters. The minimum absolute atomic E-state index is 0. The van der Waals surface area contributed by atoms with Crippen molar-refractivity contribution in [3.05, 3.63) is 84.2 Å². The molecule has 1 atom stereocenters. The van der Waals surface area contributed by atoms with Crippen LogP contribution in [-0.4, -0.2) is 46.8 Å². The Morgan fingerprint density at radius 1 is 0.917 bits per heavy atom. The number of piperazine rings is 1. The molecule has 1 aliphatic rings. The standard InChI is InChI=1S/C26H22F3N5O.ClH/c1-16-15-33(12-13-34(16)26(35)30-23-11-10-19(28)14-22(23)29)25-21-5-3-2-4-20(21)24(31-32-25)17-6-8-18(27)9-7-17;/h2-11,14,16H,12-13,15H2,1H3,(H,30,35);1H/t16-;/m1./s1. The van der Waals surface area contributed by atoms with Crippen LogP contribution in [-0.2, 0) is 0 Å². The van der Waals surface area contributed by atoms with Gasteiger partial charge in [-0.1, -0.05) is 24.3 Å². The highest BCUT2D eigenvalue weighted by molar-refractivity contribution is 6.00. The average Bonchev–Trinajstić information content (AvgIpc) is 2.85. The topological polar surface area (TPSA) is 61.4 Å². The Labute approximate surface area is 212 Å². The molecule has 3 aromatic carbocycles. The summed E-state index contributed by atoms with van der Waals surface area (Å²) in [5, 5.41) is 13.3. The SMILES string of the molecule is C[C@@H]1CN(c2nnc(-c3ccc(F)cc3)c3ccccc23)CCN1C(=O)Nc1ccc(F)cc1F.Cl. The van der Waals surface area contributed by atoms with Crippen molar-refractivity contribution in [2.24, 2.45) is 0 Å². The van der Waals surface area contributed by atoms with Crippen LogP contribution in [0.25, 0.3) is 22.0 Å². The van der Waals surface area contributed by atoms with Gasteiger partial charge in [-0.25, -0.2) is 18.0 Å². The lowest BCUT2D eigenvalue weighted by molar-refractivity contribution is 0.184. The van der Waals surface area contributed by atoms with Crippen molar-refractivity contribution in [3.8, 4) is 11.3 Å². The molecule has 2 heterocycles. The molecule has 0 radical (unpaired) electrons. The van der Waals surface area contributed by atoms with Crippen LogP contribution in [0, 0.1) is 17.5 Å². The number of fused-ring (bicyclic) bond motifs is 1. The first-order chi connectivity index (χ1) is 16.9. The van der Waals surface area contributed by atoms with E-state index in [-0.39, 0.29) is 30.0 Å². The van der Waals surface area contributed by atoms with Gasteiger partial charge in [-0.05, 0) is 43.3 Å². The lowest BCUT2D eigenvalue weighted by Crippen LogP contribution is -2.55. The van der Waals surface area contributed by atoms with Crippen molar-refractivity contribution in [1.29, 1.82) is 0 Å². The van der Waals surface area contributed by atoms with Crippen LogP contribution in [0.5, 0.6) is 0 Å². The zero-order chi connectivity index (χ0) is 24.5. The van der Waals surface area contributed by atoms with Gasteiger partial charge in [0.15, 0.2) is 5.82 Å². The number of nitrogens with one attached hydrogen (secondary N) is 1. The lowest BCUT2D eigenvalue weighted by Gasteiger charge is -2.40. The molecule has 2 amide bonds. The molecular formula is C26H23ClF3N5O. The molecule has 10 heteroatoms. The third-order valence-electron chi connectivity index (χ3n) is 6.15. The summed E-state index contributed by atoms with van der Waals surface area (Å²) in [7, 11) is 0. The summed E-state index contributed by atoms with van der Waals surface area (Å²) in [6.07, 6.45) is 0. The number of benzene rings is 3. The minimum atomic E-state index is -0.826. The van der Waals surface area contributed by atoms with E-state index in [4.69, 9.17) is 0 Å². The molecule has 36 heavy (non-hydrogen) atoms. The van der Waals surface area contributed by atoms with E-state index in [1.165, 1.54) is 18.2 Å². The molecule has 1 fully saturated rings. The van der Waals surface area contributed by atoms with Crippen LogP contribution in [0.2, 0.25) is 0 Å². The largest absolute Gasteiger partial charge is 0.351 e. The van der Waals surface area contributed by atoms with Crippen LogP contribution >= 0.6 is 12.4 Å². The molecule has 1 aromatic heterocycles. The van der Waals surface area contributed by atoms with Gasteiger partial charge in [0.05, 0.1) is 5.69 Å². The molecule has 4 aromatic rings. The minimum Gasteiger partial charge on any atom is -0.351 e. The summed E-state index contributed by atoms with van der Waals surface area (Å²) in [5.41, 5.74) is 1.36. The van der Waals surface area contributed by atoms with E-state index in [1.807, 2.05) is 31.2 Å². The zero-order valence-electron chi connectivity index (χ0n) is 19.3. The third-order valence-corrected chi connectivity index (χ3v) is 6.15. The van der Waals surface area contributed by atoms with E-state index in [2.05, 4.69) is 20.4 Å². The summed E-state index contributed by atoms with van der Waals surface area (Å²) < 4.78 is 40.5. The summed E-state index contributed by atoms with van der Waals surface area (Å²) in [4.78, 5) is 16.5. The fraction of sp³-hybridized carbons (Fsp3) is 0.192. The number of anilines is 2. The van der Waals surface area contributed by atoms with Gasteiger partial charge >= 0.3 is 6.03 Å². The second-order valence-corrected chi connectivity index (χ2v) is 8.47. The van der Waals surface area contributed by atoms with Crippen molar-refractivity contribution >= 4 is 40.7 Å². The van der Waals surface area contributed by atoms with Gasteiger partial charge in [0, 0.05) is 48.1 Å². The average molecular weight is 514 g/mol. The summed E-state index contributed by atoms with van der Waals surface area (Å²) >= 11 is 0. The van der Waals surface area contributed by atoms with Crippen molar-refractivity contribution < 1.29 is 18.0 Å². The fourth-order valence-corrected chi connectivity index (χ4v) is 4.37. The summed E-state index contributed by atoms with van der Waals surface area (Å²) in [6.45, 7) is 3.27. The van der Waals surface area contributed by atoms with Gasteiger partial charge < -0.3 is 15.1 Å². The first-order valence-electron chi connectivity index (χ1n) is 11.2. The number of aromatic nitrogens is 2. The first-order valence-corrected chi connectivity index (χ1v) is 11.2. The molecular weight excluding hydrogens is 491 g/mol. The van der Waals surface area contributed by atoms with E-state index in [9.17, 15) is 18.0 Å². The Balaban J connectivity index is 0.00000304. The Bertz CT molecular complexity index is 1400. The molecule has 0 bridgehead atoms. The van der Waals surface area contributed by atoms with Crippen molar-refractivity contribution in [3.63, 3.8) is 0 Å². The molecule has 5 rings (SSSR count). The molecule has 0 saturated carbocycles. The zero-order valence-corrected chi connectivity index (χ0v) is 20.1. The van der Waals surface area contributed by atoms with E-state index in [0.717, 1.165) is 28.5 Å². The maximum Gasteiger partial charge on any atom is 0.322 e. The van der Waals surface area contributed by atoms with Gasteiger partial charge in [-0.15, -0.1) is 22.6 Å². The van der Waals surface area contributed by atoms with Crippen LogP contribution in [0.3, 0.4) is 0 Å². The summed E-state index contributed by atoms with van der Waals surface area (Å²) in [5.74, 6) is -1.16. The third kappa shape index (κ3) is 4.92. The van der Waals surface area contributed by atoms with Gasteiger partial charge in [-0.2, -0.15) is 0 Å². The second-order valence-electron chi connectivity index (χ2n) is 8.47. The number of halogens is 4. The van der Waals surface area contributed by atoms with Crippen LogP contribution in [0.4, 0.5) is 29.5 Å². The highest BCUT2D eigenvalue weighted by Crippen LogP contribution is 2.32. The molecule has 0 spiro atoms. The van der Waals surface area contributed by atoms with Crippen LogP contribution in [0.1, 0.15) is 6.92 Å². The van der Waals surface area contributed by atoms with Crippen LogP contribution < -0.4 is 10.2 Å². The molecule has 1 aliphatic heterocycles. The number of rotatable bonds is 3. The second kappa shape index (κ2) is 10.4. The maximum atomic E-state index is 14.0. The van der Waals surface area contributed by atoms with E-state index in [0.29, 0.717) is 31.1 Å². The highest BCUT2D eigenvalue weighted by Gasteiger charge is 2.30. The Morgan fingerprint density at radius 3 is 2.31 bits per heavy atom. The number of carbonyl (C=O) groups excluding carboxylic acids is 1. The van der Waals surface area contributed by atoms with Crippen molar-refractivity contribution in [2.45, 2.75) is 13.0 Å². The Morgan fingerprint density at radius 2 is 1.61 bits per heavy atom. The van der Waals surface area contributed by atoms with Gasteiger partial charge in [0.25, 0.3) is 0 Å². The fourth-order valence-electron chi connectivity index (χ4n) is 4.37. The predicted molar refractivity (Wildman–Crippen MR) is 136 cm³/mol. The van der Waals surface area contributed by atoms with Gasteiger partial charge in [0.2, 0.25) is 0 Å². The molecule has 0 aliphatic carbocycles. The van der Waals surface area contributed by atoms with Crippen molar-refractivity contribution in [2.75, 3.05) is 29.9 Å². The number of hydrogen-bond acceptors (Lipinski definition) is 4. The number of carbonyl (C=O) groups is 1. The van der Waals surface area contributed by atoms with E-state index in [1.54, 1.807) is 17.0 Å². The first kappa shape index (κ1) is 25.2. The van der Waals surface area contributed by atoms with E-state index >= 15 is 0 Å². The van der Waals surface area contributed by atoms with Gasteiger partial charge in [-0.3, -0.25) is 0 Å². The smallest absolute Gasteiger partial charge is 0.322 e. The Hall–Kier alpha value is -3.85. The number of amides is 2. The predicted octanol–water partition coefficient (Wildman–Crippen LogP) is 5.88. The van der Waals surface area contributed by atoms with E-state index < -0.39 is 17.7 Å². The van der Waals surface area contributed by atoms with Gasteiger partial charge in [0.1, 0.15) is 23.1 Å². The van der Waals surface area contributed by atoms with Crippen LogP contribution in [0.15, 0.2) is 66.7 Å². The van der Waals surface area contributed by atoms with Crippen molar-refractivity contribution in [1.82, 2.24) is 15.1 Å². The number of hydrogen-bond donors (Lipinski definition) is 1. The maximum absolute atomic E-state index is 14.0. The normalized spacial score (nSPS) is 15.5. The quantitative estimate of drug-likeness (QED) is 0.372. The molecule has 1 N–H and O–H groups in total. The highest BCUT2D eigenvalue weighted by atomic mass is 35.5. The number of nitrogens with zero attached hydrogens (tertiary/aromatic N) is 4. The number of urea groups is 1. The lowest BCUT2D eigenvalue weighted by atomic mass is 10.0. The molecule has 1 saturated heterocycles. The molecule has 186 valence electrons. The summed E-state index contributed by atoms with van der Waals surface area (Å²) in [6, 6.07) is 16.3. The molecule has 6 nitrogen and oxygen atoms in total. The monoisotopic (exact) mass is 513 g/mol. The Kier molecular flexibility index (Phi) is 7.30.